The van der Waals surface area contributed by atoms with Crippen molar-refractivity contribution in [3.63, 3.8) is 0 Å². The van der Waals surface area contributed by atoms with E-state index in [2.05, 4.69) is 26.0 Å². The molecule has 1 aliphatic heterocycles. The van der Waals surface area contributed by atoms with Crippen LogP contribution in [0.2, 0.25) is 0 Å². The van der Waals surface area contributed by atoms with Gasteiger partial charge in [0.25, 0.3) is 0 Å². The summed E-state index contributed by atoms with van der Waals surface area (Å²) in [5, 5.41) is 0. The Kier molecular flexibility index (Phi) is 5.79. The Labute approximate surface area is 160 Å². The van der Waals surface area contributed by atoms with E-state index in [1.807, 2.05) is 43.3 Å². The quantitative estimate of drug-likeness (QED) is 0.730. The molecule has 5 nitrogen and oxygen atoms in total. The van der Waals surface area contributed by atoms with Crippen LogP contribution in [0, 0.1) is 5.92 Å². The second kappa shape index (κ2) is 8.25. The maximum atomic E-state index is 12.9. The Balaban J connectivity index is 1.74. The Morgan fingerprint density at radius 1 is 1.11 bits per heavy atom. The molecule has 1 unspecified atom stereocenters. The average molecular weight is 366 g/mol. The summed E-state index contributed by atoms with van der Waals surface area (Å²) in [6.45, 7) is 7.36. The lowest BCUT2D eigenvalue weighted by Gasteiger charge is -2.24. The van der Waals surface area contributed by atoms with Gasteiger partial charge in [0.1, 0.15) is 12.4 Å². The van der Waals surface area contributed by atoms with Crippen LogP contribution >= 0.6 is 0 Å². The van der Waals surface area contributed by atoms with Gasteiger partial charge in [0.2, 0.25) is 12.3 Å². The van der Waals surface area contributed by atoms with Gasteiger partial charge in [-0.2, -0.15) is 0 Å². The van der Waals surface area contributed by atoms with Crippen LogP contribution in [0.25, 0.3) is 0 Å². The van der Waals surface area contributed by atoms with Crippen LogP contribution in [-0.2, 0) is 9.59 Å². The van der Waals surface area contributed by atoms with Crippen molar-refractivity contribution in [1.82, 2.24) is 0 Å². The molecule has 0 radical (unpaired) electrons. The summed E-state index contributed by atoms with van der Waals surface area (Å²) in [4.78, 5) is 27.7. The van der Waals surface area contributed by atoms with E-state index >= 15 is 0 Å². The van der Waals surface area contributed by atoms with Crippen molar-refractivity contribution in [3.05, 3.63) is 54.1 Å². The highest BCUT2D eigenvalue weighted by molar-refractivity contribution is 6.02. The number of anilines is 2. The Bertz CT molecular complexity index is 801. The number of carbonyl (C=O) groups is 2. The van der Waals surface area contributed by atoms with E-state index in [0.717, 1.165) is 23.5 Å². The highest BCUT2D eigenvalue weighted by Gasteiger charge is 2.30. The first-order chi connectivity index (χ1) is 13.0. The van der Waals surface area contributed by atoms with E-state index < -0.39 is 0 Å². The minimum atomic E-state index is -0.270. The molecule has 0 aromatic heterocycles. The molecule has 5 heteroatoms. The topological polar surface area (TPSA) is 49.9 Å². The van der Waals surface area contributed by atoms with Crippen molar-refractivity contribution in [2.24, 2.45) is 5.92 Å². The molecule has 0 saturated carbocycles. The van der Waals surface area contributed by atoms with Crippen LogP contribution in [0.15, 0.2) is 48.5 Å². The number of ether oxygens (including phenoxy) is 1. The molecule has 142 valence electrons. The van der Waals surface area contributed by atoms with E-state index in [0.29, 0.717) is 25.6 Å². The highest BCUT2D eigenvalue weighted by atomic mass is 16.5. The normalized spacial score (nSPS) is 16.9. The summed E-state index contributed by atoms with van der Waals surface area (Å²) in [5.41, 5.74) is 2.77. The van der Waals surface area contributed by atoms with Crippen LogP contribution in [0.4, 0.5) is 11.4 Å². The number of carbonyl (C=O) groups excluding carboxylic acids is 2. The molecule has 0 saturated heterocycles. The number of benzene rings is 2. The second-order valence-corrected chi connectivity index (χ2v) is 7.21. The third-order valence-electron chi connectivity index (χ3n) is 4.90. The Morgan fingerprint density at radius 3 is 2.41 bits per heavy atom. The van der Waals surface area contributed by atoms with Gasteiger partial charge in [-0.05, 0) is 35.7 Å². The summed E-state index contributed by atoms with van der Waals surface area (Å²) < 4.78 is 5.86. The van der Waals surface area contributed by atoms with E-state index in [9.17, 15) is 9.59 Å². The van der Waals surface area contributed by atoms with E-state index in [-0.39, 0.29) is 11.8 Å². The van der Waals surface area contributed by atoms with Crippen molar-refractivity contribution >= 4 is 23.7 Å². The lowest BCUT2D eigenvalue weighted by molar-refractivity contribution is -0.121. The van der Waals surface area contributed by atoms with E-state index in [4.69, 9.17) is 4.74 Å². The summed E-state index contributed by atoms with van der Waals surface area (Å²) in [7, 11) is 0. The molecule has 2 aromatic rings. The molecule has 27 heavy (non-hydrogen) atoms. The van der Waals surface area contributed by atoms with Crippen LogP contribution in [0.1, 0.15) is 32.3 Å². The van der Waals surface area contributed by atoms with E-state index in [1.165, 1.54) is 5.56 Å². The largest absolute Gasteiger partial charge is 0.492 e. The minimum absolute atomic E-state index is 0.00514. The molecular formula is C22H26N2O3. The van der Waals surface area contributed by atoms with Gasteiger partial charge in [0.15, 0.2) is 0 Å². The van der Waals surface area contributed by atoms with Gasteiger partial charge in [-0.1, -0.05) is 45.0 Å². The summed E-state index contributed by atoms with van der Waals surface area (Å²) in [5.74, 6) is 1.00. The highest BCUT2D eigenvalue weighted by Crippen LogP contribution is 2.33. The van der Waals surface area contributed by atoms with Crippen molar-refractivity contribution < 1.29 is 14.3 Å². The van der Waals surface area contributed by atoms with Crippen LogP contribution < -0.4 is 14.5 Å². The molecule has 1 heterocycles. The zero-order chi connectivity index (χ0) is 19.4. The smallest absolute Gasteiger partial charge is 0.231 e. The Morgan fingerprint density at radius 2 is 1.78 bits per heavy atom. The fraction of sp³-hybridized carbons (Fsp3) is 0.364. The number of para-hydroxylation sites is 2. The number of nitrogens with zero attached hydrogens (tertiary/aromatic N) is 2. The summed E-state index contributed by atoms with van der Waals surface area (Å²) >= 11 is 0. The standard InChI is InChI=1S/C22H26N2O3/c1-16(2)18-8-10-19(11-9-18)27-13-12-24-21-7-5-4-6-20(21)23(15-25)14-17(3)22(24)26/h4-11,15-17H,12-14H2,1-3H3. The molecule has 0 bridgehead atoms. The van der Waals surface area contributed by atoms with Gasteiger partial charge in [0.05, 0.1) is 23.8 Å². The second-order valence-electron chi connectivity index (χ2n) is 7.21. The SMILES string of the molecule is CC1CN(C=O)c2ccccc2N(CCOc2ccc(C(C)C)cc2)C1=O. The molecule has 0 spiro atoms. The number of amides is 2. The lowest BCUT2D eigenvalue weighted by atomic mass is 10.0. The van der Waals surface area contributed by atoms with E-state index in [1.54, 1.807) is 9.80 Å². The average Bonchev–Trinajstić information content (AvgIpc) is 2.78. The molecule has 1 aliphatic rings. The lowest BCUT2D eigenvalue weighted by Crippen LogP contribution is -2.38. The predicted molar refractivity (Wildman–Crippen MR) is 107 cm³/mol. The van der Waals surface area contributed by atoms with Gasteiger partial charge in [0, 0.05) is 6.54 Å². The van der Waals surface area contributed by atoms with Gasteiger partial charge < -0.3 is 14.5 Å². The minimum Gasteiger partial charge on any atom is -0.492 e. The van der Waals surface area contributed by atoms with Gasteiger partial charge in [-0.3, -0.25) is 9.59 Å². The molecule has 0 aliphatic carbocycles. The first kappa shape index (κ1) is 19.0. The fourth-order valence-corrected chi connectivity index (χ4v) is 3.33. The maximum Gasteiger partial charge on any atom is 0.231 e. The number of hydrogen-bond acceptors (Lipinski definition) is 3. The van der Waals surface area contributed by atoms with Crippen molar-refractivity contribution in [3.8, 4) is 5.75 Å². The molecule has 2 aromatic carbocycles. The van der Waals surface area contributed by atoms with Crippen molar-refractivity contribution in [2.45, 2.75) is 26.7 Å². The summed E-state index contributed by atoms with van der Waals surface area (Å²) in [6.07, 6.45) is 0.791. The van der Waals surface area contributed by atoms with Gasteiger partial charge in [-0.15, -0.1) is 0 Å². The van der Waals surface area contributed by atoms with Gasteiger partial charge >= 0.3 is 0 Å². The third-order valence-corrected chi connectivity index (χ3v) is 4.90. The van der Waals surface area contributed by atoms with Gasteiger partial charge in [-0.25, -0.2) is 0 Å². The monoisotopic (exact) mass is 366 g/mol. The molecule has 2 amide bonds. The third kappa shape index (κ3) is 4.13. The Hall–Kier alpha value is -2.82. The van der Waals surface area contributed by atoms with Crippen LogP contribution in [0.3, 0.4) is 0 Å². The summed E-state index contributed by atoms with van der Waals surface area (Å²) in [6, 6.07) is 15.6. The number of hydrogen-bond donors (Lipinski definition) is 0. The molecule has 3 rings (SSSR count). The molecular weight excluding hydrogens is 340 g/mol. The first-order valence-corrected chi connectivity index (χ1v) is 9.36. The predicted octanol–water partition coefficient (Wildman–Crippen LogP) is 3.83. The van der Waals surface area contributed by atoms with Crippen LogP contribution in [-0.4, -0.2) is 32.0 Å². The number of fused-ring (bicyclic) bond motifs is 1. The van der Waals surface area contributed by atoms with Crippen molar-refractivity contribution in [2.75, 3.05) is 29.5 Å². The molecule has 0 fully saturated rings. The first-order valence-electron chi connectivity index (χ1n) is 9.36. The van der Waals surface area contributed by atoms with Crippen LogP contribution in [0.5, 0.6) is 5.75 Å². The molecule has 1 atom stereocenters. The zero-order valence-electron chi connectivity index (χ0n) is 16.1. The number of rotatable bonds is 6. The zero-order valence-corrected chi connectivity index (χ0v) is 16.1. The molecule has 0 N–H and O–H groups in total. The fourth-order valence-electron chi connectivity index (χ4n) is 3.33. The van der Waals surface area contributed by atoms with Crippen molar-refractivity contribution in [1.29, 1.82) is 0 Å². The maximum absolute atomic E-state index is 12.9.